The van der Waals surface area contributed by atoms with E-state index in [1.165, 1.54) is 49.7 Å². The van der Waals surface area contributed by atoms with Gasteiger partial charge in [0.05, 0.1) is 12.2 Å². The highest BCUT2D eigenvalue weighted by molar-refractivity contribution is 5.96. The Labute approximate surface area is 198 Å². The van der Waals surface area contributed by atoms with Gasteiger partial charge in [-0.05, 0) is 93.7 Å². The monoisotopic (exact) mass is 447 g/mol. The van der Waals surface area contributed by atoms with Crippen LogP contribution in [0.1, 0.15) is 87.7 Å². The van der Waals surface area contributed by atoms with E-state index >= 15 is 0 Å². The number of carbonyl (C=O) groups excluding carboxylic acids is 1. The van der Waals surface area contributed by atoms with Crippen LogP contribution in [-0.4, -0.2) is 24.7 Å². The minimum absolute atomic E-state index is 0.177. The number of rotatable bonds is 6. The highest BCUT2D eigenvalue weighted by Crippen LogP contribution is 2.39. The molecular formula is C29H37NO3. The van der Waals surface area contributed by atoms with Gasteiger partial charge in [-0.3, -0.25) is 4.79 Å². The van der Waals surface area contributed by atoms with Gasteiger partial charge in [-0.15, -0.1) is 0 Å². The number of amides is 1. The average Bonchev–Trinajstić information content (AvgIpc) is 3.38. The molecule has 4 heteroatoms. The molecule has 1 saturated heterocycles. The van der Waals surface area contributed by atoms with Crippen molar-refractivity contribution >= 4 is 11.6 Å². The van der Waals surface area contributed by atoms with E-state index in [9.17, 15) is 4.79 Å². The van der Waals surface area contributed by atoms with E-state index < -0.39 is 0 Å². The van der Waals surface area contributed by atoms with Gasteiger partial charge < -0.3 is 14.4 Å². The smallest absolute Gasteiger partial charge is 0.227 e. The number of ether oxygens (including phenoxy) is 2. The van der Waals surface area contributed by atoms with Crippen LogP contribution in [0, 0.1) is 6.92 Å². The van der Waals surface area contributed by atoms with E-state index in [1.54, 1.807) is 0 Å². The molecule has 2 saturated carbocycles. The number of hydrogen-bond donors (Lipinski definition) is 0. The van der Waals surface area contributed by atoms with Crippen LogP contribution in [0.4, 0.5) is 5.69 Å². The molecule has 0 radical (unpaired) electrons. The van der Waals surface area contributed by atoms with Gasteiger partial charge in [0.15, 0.2) is 11.5 Å². The highest BCUT2D eigenvalue weighted by Gasteiger charge is 2.32. The molecule has 3 fully saturated rings. The van der Waals surface area contributed by atoms with Gasteiger partial charge in [0.25, 0.3) is 0 Å². The maximum atomic E-state index is 12.9. The number of hydrogen-bond acceptors (Lipinski definition) is 3. The minimum atomic E-state index is 0.177. The summed E-state index contributed by atoms with van der Waals surface area (Å²) in [5.41, 5.74) is 3.36. The molecule has 2 aliphatic carbocycles. The molecule has 33 heavy (non-hydrogen) atoms. The second-order valence-corrected chi connectivity index (χ2v) is 10.2. The number of anilines is 1. The normalized spacial score (nSPS) is 22.5. The molecule has 0 N–H and O–H groups in total. The predicted octanol–water partition coefficient (Wildman–Crippen LogP) is 6.94. The van der Waals surface area contributed by atoms with Crippen molar-refractivity contribution in [1.29, 1.82) is 0 Å². The molecule has 1 aliphatic heterocycles. The lowest BCUT2D eigenvalue weighted by Gasteiger charge is -2.23. The topological polar surface area (TPSA) is 38.8 Å². The molecule has 0 aromatic heterocycles. The zero-order valence-corrected chi connectivity index (χ0v) is 19.9. The quantitative estimate of drug-likeness (QED) is 0.450. The second-order valence-electron chi connectivity index (χ2n) is 10.2. The zero-order chi connectivity index (χ0) is 22.6. The van der Waals surface area contributed by atoms with Gasteiger partial charge in [0.2, 0.25) is 5.91 Å². The molecule has 1 heterocycles. The van der Waals surface area contributed by atoms with Crippen LogP contribution in [0.2, 0.25) is 0 Å². The first-order chi connectivity index (χ1) is 16.2. The lowest BCUT2D eigenvalue weighted by molar-refractivity contribution is -0.117. The van der Waals surface area contributed by atoms with Gasteiger partial charge in [-0.1, -0.05) is 31.0 Å². The summed E-state index contributed by atoms with van der Waals surface area (Å²) in [4.78, 5) is 14.8. The Morgan fingerprint density at radius 3 is 2.15 bits per heavy atom. The Morgan fingerprint density at radius 1 is 0.788 bits per heavy atom. The van der Waals surface area contributed by atoms with Gasteiger partial charge in [0, 0.05) is 24.6 Å². The molecule has 0 spiro atoms. The van der Waals surface area contributed by atoms with Gasteiger partial charge in [0.1, 0.15) is 0 Å². The van der Waals surface area contributed by atoms with Crippen LogP contribution in [0.25, 0.3) is 0 Å². The van der Waals surface area contributed by atoms with Crippen LogP contribution in [-0.2, 0) is 4.79 Å². The summed E-state index contributed by atoms with van der Waals surface area (Å²) in [6, 6.07) is 14.7. The number of aryl methyl sites for hydroxylation is 1. The van der Waals surface area contributed by atoms with E-state index in [2.05, 4.69) is 37.3 Å². The fourth-order valence-corrected chi connectivity index (χ4v) is 5.67. The fourth-order valence-electron chi connectivity index (χ4n) is 5.67. The molecule has 4 nitrogen and oxygen atoms in total. The molecule has 176 valence electrons. The van der Waals surface area contributed by atoms with Crippen LogP contribution in [0.3, 0.4) is 0 Å². The number of carbonyl (C=O) groups is 1. The van der Waals surface area contributed by atoms with Gasteiger partial charge in [-0.2, -0.15) is 0 Å². The van der Waals surface area contributed by atoms with Crippen molar-refractivity contribution in [3.05, 3.63) is 53.6 Å². The third-order valence-electron chi connectivity index (χ3n) is 7.57. The predicted molar refractivity (Wildman–Crippen MR) is 132 cm³/mol. The summed E-state index contributed by atoms with van der Waals surface area (Å²) in [5.74, 6) is 2.14. The molecule has 2 aromatic rings. The van der Waals surface area contributed by atoms with Gasteiger partial charge in [-0.25, -0.2) is 0 Å². The Bertz CT molecular complexity index is 957. The molecule has 1 amide bonds. The second kappa shape index (κ2) is 10.2. The van der Waals surface area contributed by atoms with E-state index in [-0.39, 0.29) is 24.0 Å². The molecule has 0 unspecified atom stereocenters. The van der Waals surface area contributed by atoms with Crippen molar-refractivity contribution in [3.63, 3.8) is 0 Å². The first-order valence-corrected chi connectivity index (χ1v) is 13.0. The maximum absolute atomic E-state index is 12.9. The van der Waals surface area contributed by atoms with Crippen LogP contribution in [0.15, 0.2) is 42.5 Å². The minimum Gasteiger partial charge on any atom is -0.487 e. The summed E-state index contributed by atoms with van der Waals surface area (Å²) in [6.45, 7) is 2.79. The fraction of sp³-hybridized carbons (Fsp3) is 0.552. The van der Waals surface area contributed by atoms with Crippen molar-refractivity contribution in [2.24, 2.45) is 0 Å². The first-order valence-electron chi connectivity index (χ1n) is 13.0. The largest absolute Gasteiger partial charge is 0.487 e. The van der Waals surface area contributed by atoms with Crippen molar-refractivity contribution in [2.75, 3.05) is 11.4 Å². The summed E-state index contributed by atoms with van der Waals surface area (Å²) < 4.78 is 13.0. The summed E-state index contributed by atoms with van der Waals surface area (Å²) >= 11 is 0. The van der Waals surface area contributed by atoms with Crippen LogP contribution < -0.4 is 14.4 Å². The Balaban J connectivity index is 1.36. The standard InChI is InChI=1S/C29H37NO3/c1-21-9-8-10-24(17-21)30-20-23(19-29(30)31)22-15-16-27(32-25-11-4-2-3-5-12-25)28(18-22)33-26-13-6-7-14-26/h8-10,15-18,23,25-26H,2-7,11-14,19-20H2,1H3/t23-/m1/s1. The average molecular weight is 448 g/mol. The third-order valence-corrected chi connectivity index (χ3v) is 7.57. The van der Waals surface area contributed by atoms with E-state index in [0.717, 1.165) is 42.9 Å². The summed E-state index contributed by atoms with van der Waals surface area (Å²) in [6.07, 6.45) is 13.2. The highest BCUT2D eigenvalue weighted by atomic mass is 16.5. The third kappa shape index (κ3) is 5.37. The Kier molecular flexibility index (Phi) is 6.89. The molecular weight excluding hydrogens is 410 g/mol. The van der Waals surface area contributed by atoms with E-state index in [4.69, 9.17) is 9.47 Å². The van der Waals surface area contributed by atoms with Crippen molar-refractivity contribution in [1.82, 2.24) is 0 Å². The molecule has 1 atom stereocenters. The van der Waals surface area contributed by atoms with Crippen LogP contribution >= 0.6 is 0 Å². The van der Waals surface area contributed by atoms with Crippen molar-refractivity contribution in [2.45, 2.75) is 95.7 Å². The SMILES string of the molecule is Cc1cccc(N2C[C@H](c3ccc(OC4CCCCCC4)c(OC4CCCC4)c3)CC2=O)c1. The van der Waals surface area contributed by atoms with E-state index in [0.29, 0.717) is 13.0 Å². The van der Waals surface area contributed by atoms with E-state index in [1.807, 2.05) is 17.0 Å². The molecule has 5 rings (SSSR count). The number of benzene rings is 2. The summed E-state index contributed by atoms with van der Waals surface area (Å²) in [5, 5.41) is 0. The molecule has 0 bridgehead atoms. The van der Waals surface area contributed by atoms with Crippen molar-refractivity contribution in [3.8, 4) is 11.5 Å². The molecule has 2 aromatic carbocycles. The zero-order valence-electron chi connectivity index (χ0n) is 19.9. The lowest BCUT2D eigenvalue weighted by Crippen LogP contribution is -2.24. The lowest BCUT2D eigenvalue weighted by atomic mass is 9.97. The summed E-state index contributed by atoms with van der Waals surface area (Å²) in [7, 11) is 0. The number of nitrogens with zero attached hydrogens (tertiary/aromatic N) is 1. The Morgan fingerprint density at radius 2 is 1.45 bits per heavy atom. The Hall–Kier alpha value is -2.49. The molecule has 3 aliphatic rings. The van der Waals surface area contributed by atoms with Crippen molar-refractivity contribution < 1.29 is 14.3 Å². The maximum Gasteiger partial charge on any atom is 0.227 e. The first kappa shape index (κ1) is 22.3. The van der Waals surface area contributed by atoms with Gasteiger partial charge >= 0.3 is 0 Å². The van der Waals surface area contributed by atoms with Crippen LogP contribution in [0.5, 0.6) is 11.5 Å².